The second kappa shape index (κ2) is 4.48. The van der Waals surface area contributed by atoms with E-state index in [9.17, 15) is 9.18 Å². The predicted octanol–water partition coefficient (Wildman–Crippen LogP) is 2.77. The monoisotopic (exact) mass is 204 g/mol. The van der Waals surface area contributed by atoms with Crippen LogP contribution in [0.25, 0.3) is 0 Å². The normalized spacial score (nSPS) is 9.83. The lowest BCUT2D eigenvalue weighted by molar-refractivity contribution is -0.105. The highest BCUT2D eigenvalue weighted by Gasteiger charge is 2.01. The van der Waals surface area contributed by atoms with Crippen LogP contribution in [0.1, 0.15) is 0 Å². The summed E-state index contributed by atoms with van der Waals surface area (Å²) in [6.07, 6.45) is 0.735. The maximum atomic E-state index is 13.0. The van der Waals surface area contributed by atoms with Gasteiger partial charge < -0.3 is 4.79 Å². The minimum atomic E-state index is -0.380. The maximum absolute atomic E-state index is 13.0. The van der Waals surface area contributed by atoms with Crippen molar-refractivity contribution in [2.45, 2.75) is 4.90 Å². The molecule has 0 fully saturated rings. The lowest BCUT2D eigenvalue weighted by Gasteiger charge is -1.99. The molecule has 12 heavy (non-hydrogen) atoms. The molecule has 1 rings (SSSR count). The third kappa shape index (κ3) is 2.50. The molecule has 1 aromatic rings. The number of hydrogen-bond acceptors (Lipinski definition) is 2. The van der Waals surface area contributed by atoms with E-state index >= 15 is 0 Å². The summed E-state index contributed by atoms with van der Waals surface area (Å²) >= 11 is 6.69. The Morgan fingerprint density at radius 1 is 1.58 bits per heavy atom. The van der Waals surface area contributed by atoms with Gasteiger partial charge in [-0.15, -0.1) is 11.8 Å². The van der Waals surface area contributed by atoms with Crippen LogP contribution in [0, 0.1) is 5.82 Å². The second-order valence-electron chi connectivity index (χ2n) is 2.05. The van der Waals surface area contributed by atoms with Crippen LogP contribution in [0.4, 0.5) is 4.39 Å². The van der Waals surface area contributed by atoms with E-state index in [-0.39, 0.29) is 11.6 Å². The Kier molecular flexibility index (Phi) is 3.56. The Labute approximate surface area is 78.9 Å². The number of halogens is 2. The molecule has 0 N–H and O–H groups in total. The van der Waals surface area contributed by atoms with Gasteiger partial charge in [-0.3, -0.25) is 0 Å². The molecule has 0 saturated heterocycles. The number of aldehydes is 1. The van der Waals surface area contributed by atoms with Crippen molar-refractivity contribution in [3.8, 4) is 0 Å². The number of carbonyl (C=O) groups is 1. The van der Waals surface area contributed by atoms with Crippen molar-refractivity contribution < 1.29 is 9.18 Å². The van der Waals surface area contributed by atoms with Crippen LogP contribution in [0.15, 0.2) is 23.1 Å². The van der Waals surface area contributed by atoms with Crippen LogP contribution >= 0.6 is 23.4 Å². The van der Waals surface area contributed by atoms with Gasteiger partial charge in [0.05, 0.1) is 5.75 Å². The molecule has 4 heteroatoms. The lowest BCUT2D eigenvalue weighted by Crippen LogP contribution is -1.83. The molecule has 0 unspecified atom stereocenters. The summed E-state index contributed by atoms with van der Waals surface area (Å²) in [5.41, 5.74) is 0. The van der Waals surface area contributed by atoms with Crippen LogP contribution in [0.2, 0.25) is 5.02 Å². The van der Waals surface area contributed by atoms with E-state index in [0.29, 0.717) is 9.92 Å². The Morgan fingerprint density at radius 3 is 2.92 bits per heavy atom. The van der Waals surface area contributed by atoms with E-state index in [1.807, 2.05) is 0 Å². The molecule has 0 aliphatic carbocycles. The Balaban J connectivity index is 2.78. The third-order valence-corrected chi connectivity index (χ3v) is 2.38. The Bertz CT molecular complexity index is 290. The summed E-state index contributed by atoms with van der Waals surface area (Å²) in [5.74, 6) is -0.118. The fourth-order valence-corrected chi connectivity index (χ4v) is 1.48. The van der Waals surface area contributed by atoms with Gasteiger partial charge in [-0.25, -0.2) is 4.39 Å². The largest absolute Gasteiger partial charge is 0.302 e. The van der Waals surface area contributed by atoms with E-state index in [2.05, 4.69) is 0 Å². The molecule has 1 nitrogen and oxygen atoms in total. The predicted molar refractivity (Wildman–Crippen MR) is 48.2 cm³/mol. The molecule has 0 aliphatic heterocycles. The van der Waals surface area contributed by atoms with Gasteiger partial charge in [0.2, 0.25) is 0 Å². The molecule has 1 aromatic carbocycles. The number of hydrogen-bond donors (Lipinski definition) is 0. The van der Waals surface area contributed by atoms with Gasteiger partial charge >= 0.3 is 0 Å². The van der Waals surface area contributed by atoms with Gasteiger partial charge in [0.25, 0.3) is 0 Å². The van der Waals surface area contributed by atoms with Gasteiger partial charge in [0.1, 0.15) is 12.1 Å². The van der Waals surface area contributed by atoms with Crippen molar-refractivity contribution in [3.63, 3.8) is 0 Å². The molecule has 0 spiro atoms. The first-order valence-corrected chi connectivity index (χ1v) is 4.62. The van der Waals surface area contributed by atoms with Crippen LogP contribution in [0.3, 0.4) is 0 Å². The number of benzene rings is 1. The van der Waals surface area contributed by atoms with E-state index in [4.69, 9.17) is 11.6 Å². The zero-order valence-electron chi connectivity index (χ0n) is 6.09. The van der Waals surface area contributed by atoms with Crippen LogP contribution in [0.5, 0.6) is 0 Å². The molecule has 0 amide bonds. The standard InChI is InChI=1S/C8H6ClFOS/c9-6-1-2-8(7(10)5-6)12-4-3-11/h1-3,5H,4H2. The average molecular weight is 205 g/mol. The summed E-state index contributed by atoms with van der Waals surface area (Å²) in [6, 6.07) is 4.39. The highest BCUT2D eigenvalue weighted by atomic mass is 35.5. The van der Waals surface area contributed by atoms with Crippen molar-refractivity contribution in [2.75, 3.05) is 5.75 Å². The smallest absolute Gasteiger partial charge is 0.138 e. The van der Waals surface area contributed by atoms with Gasteiger partial charge in [0.15, 0.2) is 0 Å². The molecule has 0 aliphatic rings. The zero-order chi connectivity index (χ0) is 8.97. The third-order valence-electron chi connectivity index (χ3n) is 1.20. The first-order valence-electron chi connectivity index (χ1n) is 3.25. The highest BCUT2D eigenvalue weighted by Crippen LogP contribution is 2.23. The first kappa shape index (κ1) is 9.55. The summed E-state index contributed by atoms with van der Waals surface area (Å²) in [6.45, 7) is 0. The molecule has 0 atom stereocenters. The highest BCUT2D eigenvalue weighted by molar-refractivity contribution is 7.99. The minimum absolute atomic E-state index is 0.262. The molecule has 0 radical (unpaired) electrons. The van der Waals surface area contributed by atoms with Crippen LogP contribution in [-0.2, 0) is 4.79 Å². The van der Waals surface area contributed by atoms with Gasteiger partial charge in [0, 0.05) is 9.92 Å². The summed E-state index contributed by atoms with van der Waals surface area (Å²) in [4.78, 5) is 10.4. The molecule has 64 valence electrons. The van der Waals surface area contributed by atoms with Crippen molar-refractivity contribution in [2.24, 2.45) is 0 Å². The molecular weight excluding hydrogens is 199 g/mol. The lowest BCUT2D eigenvalue weighted by atomic mass is 10.3. The summed E-state index contributed by atoms with van der Waals surface area (Å²) < 4.78 is 13.0. The van der Waals surface area contributed by atoms with Gasteiger partial charge in [-0.2, -0.15) is 0 Å². The minimum Gasteiger partial charge on any atom is -0.302 e. The topological polar surface area (TPSA) is 17.1 Å². The van der Waals surface area contributed by atoms with Gasteiger partial charge in [-0.1, -0.05) is 11.6 Å². The Morgan fingerprint density at radius 2 is 2.33 bits per heavy atom. The second-order valence-corrected chi connectivity index (χ2v) is 3.55. The van der Waals surface area contributed by atoms with E-state index < -0.39 is 0 Å². The summed E-state index contributed by atoms with van der Waals surface area (Å²) in [7, 11) is 0. The van der Waals surface area contributed by atoms with Crippen molar-refractivity contribution in [1.82, 2.24) is 0 Å². The molecule has 0 saturated carbocycles. The average Bonchev–Trinajstić information content (AvgIpc) is 2.03. The van der Waals surface area contributed by atoms with E-state index in [1.54, 1.807) is 12.1 Å². The molecule has 0 aromatic heterocycles. The van der Waals surface area contributed by atoms with E-state index in [1.165, 1.54) is 6.07 Å². The molecule has 0 heterocycles. The molecular formula is C8H6ClFOS. The SMILES string of the molecule is O=CCSc1ccc(Cl)cc1F. The number of thioether (sulfide) groups is 1. The van der Waals surface area contributed by atoms with Crippen LogP contribution < -0.4 is 0 Å². The first-order chi connectivity index (χ1) is 5.74. The fraction of sp³-hybridized carbons (Fsp3) is 0.125. The number of carbonyl (C=O) groups excluding carboxylic acids is 1. The number of rotatable bonds is 3. The maximum Gasteiger partial charge on any atom is 0.138 e. The van der Waals surface area contributed by atoms with Gasteiger partial charge in [-0.05, 0) is 18.2 Å². The van der Waals surface area contributed by atoms with Crippen molar-refractivity contribution >= 4 is 29.6 Å². The van der Waals surface area contributed by atoms with Crippen molar-refractivity contribution in [1.29, 1.82) is 0 Å². The Hall–Kier alpha value is -0.540. The summed E-state index contributed by atoms with van der Waals surface area (Å²) in [5, 5.41) is 0.364. The zero-order valence-corrected chi connectivity index (χ0v) is 7.66. The van der Waals surface area contributed by atoms with Crippen molar-refractivity contribution in [3.05, 3.63) is 29.0 Å². The fourth-order valence-electron chi connectivity index (χ4n) is 0.716. The van der Waals surface area contributed by atoms with Crippen LogP contribution in [-0.4, -0.2) is 12.0 Å². The quantitative estimate of drug-likeness (QED) is 0.556. The molecule has 0 bridgehead atoms. The van der Waals surface area contributed by atoms with E-state index in [0.717, 1.165) is 18.0 Å².